The average Bonchev–Trinajstić information content (AvgIpc) is 3.04. The Labute approximate surface area is 175 Å². The van der Waals surface area contributed by atoms with Crippen molar-refractivity contribution < 1.29 is 9.53 Å². The molecule has 0 saturated carbocycles. The lowest BCUT2D eigenvalue weighted by Gasteiger charge is -2.13. The average molecular weight is 411 g/mol. The molecule has 0 aliphatic rings. The number of imidazole rings is 1. The maximum atomic E-state index is 10.8. The molecule has 0 aliphatic carbocycles. The van der Waals surface area contributed by atoms with E-state index in [2.05, 4.69) is 41.6 Å². The van der Waals surface area contributed by atoms with E-state index in [0.717, 1.165) is 22.1 Å². The van der Waals surface area contributed by atoms with Gasteiger partial charge >= 0.3 is 6.09 Å². The van der Waals surface area contributed by atoms with Crippen molar-refractivity contribution in [1.29, 1.82) is 0 Å². The Hall–Kier alpha value is -2.80. The third-order valence-electron chi connectivity index (χ3n) is 4.38. The molecule has 3 aromatic rings. The predicted molar refractivity (Wildman–Crippen MR) is 114 cm³/mol. The summed E-state index contributed by atoms with van der Waals surface area (Å²) >= 11 is 1.73. The van der Waals surface area contributed by atoms with Crippen LogP contribution in [0.2, 0.25) is 0 Å². The van der Waals surface area contributed by atoms with E-state index in [1.807, 2.05) is 30.5 Å². The summed E-state index contributed by atoms with van der Waals surface area (Å²) in [5.41, 5.74) is 7.26. The lowest BCUT2D eigenvalue weighted by atomic mass is 10.1. The third-order valence-corrected chi connectivity index (χ3v) is 5.51. The maximum Gasteiger partial charge on any atom is 0.404 e. The lowest BCUT2D eigenvalue weighted by molar-refractivity contribution is 0.155. The molecule has 2 heterocycles. The first-order valence-electron chi connectivity index (χ1n) is 9.68. The number of nitrogens with two attached hydrogens (primary N) is 1. The van der Waals surface area contributed by atoms with Crippen molar-refractivity contribution in [3.05, 3.63) is 71.9 Å². The Balaban J connectivity index is 1.94. The molecule has 2 N–H and O–H groups in total. The van der Waals surface area contributed by atoms with Gasteiger partial charge in [0.1, 0.15) is 10.9 Å². The summed E-state index contributed by atoms with van der Waals surface area (Å²) in [4.78, 5) is 21.2. The van der Waals surface area contributed by atoms with Crippen molar-refractivity contribution in [2.45, 2.75) is 49.1 Å². The fourth-order valence-electron chi connectivity index (χ4n) is 3.02. The van der Waals surface area contributed by atoms with E-state index in [1.54, 1.807) is 18.0 Å². The molecule has 2 aromatic heterocycles. The number of aryl methyl sites for hydroxylation is 1. The Morgan fingerprint density at radius 1 is 1.21 bits per heavy atom. The molecule has 0 bridgehead atoms. The number of nitrogens with zero attached hydrogens (tertiary/aromatic N) is 3. The smallest absolute Gasteiger partial charge is 0.404 e. The number of pyridine rings is 1. The Bertz CT molecular complexity index is 927. The number of benzene rings is 1. The number of rotatable bonds is 9. The highest BCUT2D eigenvalue weighted by Crippen LogP contribution is 2.35. The molecule has 1 amide bonds. The van der Waals surface area contributed by atoms with Crippen molar-refractivity contribution >= 4 is 17.9 Å². The van der Waals surface area contributed by atoms with Gasteiger partial charge in [-0.15, -0.1) is 0 Å². The first-order valence-corrected chi connectivity index (χ1v) is 10.5. The molecular formula is C22H26N4O2S. The van der Waals surface area contributed by atoms with Crippen molar-refractivity contribution in [3.8, 4) is 0 Å². The lowest BCUT2D eigenvalue weighted by Crippen LogP contribution is -2.14. The Kier molecular flexibility index (Phi) is 7.30. The van der Waals surface area contributed by atoms with Crippen LogP contribution in [0.4, 0.5) is 4.79 Å². The van der Waals surface area contributed by atoms with Crippen LogP contribution in [0.5, 0.6) is 0 Å². The molecule has 0 radical (unpaired) electrons. The molecule has 0 spiro atoms. The molecule has 0 atom stereocenters. The van der Waals surface area contributed by atoms with E-state index in [9.17, 15) is 4.79 Å². The van der Waals surface area contributed by atoms with Gasteiger partial charge in [0.05, 0.1) is 18.8 Å². The number of carbonyl (C=O) groups is 1. The maximum absolute atomic E-state index is 10.8. The number of amides is 1. The minimum atomic E-state index is -0.744. The highest BCUT2D eigenvalue weighted by molar-refractivity contribution is 7.99. The second-order valence-electron chi connectivity index (χ2n) is 7.01. The van der Waals surface area contributed by atoms with E-state index < -0.39 is 6.09 Å². The van der Waals surface area contributed by atoms with Gasteiger partial charge in [-0.3, -0.25) is 4.98 Å². The van der Waals surface area contributed by atoms with Gasteiger partial charge in [0, 0.05) is 23.7 Å². The number of hydrogen-bond acceptors (Lipinski definition) is 5. The molecule has 0 unspecified atom stereocenters. The number of aromatic nitrogens is 3. The van der Waals surface area contributed by atoms with E-state index in [1.165, 1.54) is 4.90 Å². The number of primary amides is 1. The summed E-state index contributed by atoms with van der Waals surface area (Å²) < 4.78 is 7.15. The van der Waals surface area contributed by atoms with E-state index in [0.29, 0.717) is 19.4 Å². The van der Waals surface area contributed by atoms with Gasteiger partial charge in [-0.05, 0) is 36.1 Å². The fourth-order valence-corrected chi connectivity index (χ4v) is 4.20. The zero-order chi connectivity index (χ0) is 20.6. The molecule has 3 rings (SSSR count). The Morgan fingerprint density at radius 2 is 2.00 bits per heavy atom. The van der Waals surface area contributed by atoms with Crippen LogP contribution in [0.1, 0.15) is 43.3 Å². The molecule has 0 saturated heterocycles. The first kappa shape index (κ1) is 20.9. The molecule has 6 nitrogen and oxygen atoms in total. The highest BCUT2D eigenvalue weighted by atomic mass is 32.2. The van der Waals surface area contributed by atoms with Gasteiger partial charge in [0.15, 0.2) is 0 Å². The fraction of sp³-hybridized carbons (Fsp3) is 0.318. The quantitative estimate of drug-likeness (QED) is 0.520. The van der Waals surface area contributed by atoms with Gasteiger partial charge in [-0.1, -0.05) is 49.9 Å². The van der Waals surface area contributed by atoms with Crippen LogP contribution in [0.3, 0.4) is 0 Å². The van der Waals surface area contributed by atoms with Crippen molar-refractivity contribution in [3.63, 3.8) is 0 Å². The third kappa shape index (κ3) is 5.84. The summed E-state index contributed by atoms with van der Waals surface area (Å²) in [6.07, 6.45) is 4.28. The zero-order valence-corrected chi connectivity index (χ0v) is 17.6. The summed E-state index contributed by atoms with van der Waals surface area (Å²) in [6, 6.07) is 14.3. The van der Waals surface area contributed by atoms with Gasteiger partial charge in [0.25, 0.3) is 0 Å². The monoisotopic (exact) mass is 410 g/mol. The summed E-state index contributed by atoms with van der Waals surface area (Å²) in [5, 5.41) is 1.14. The van der Waals surface area contributed by atoms with Crippen LogP contribution < -0.4 is 5.73 Å². The van der Waals surface area contributed by atoms with Gasteiger partial charge < -0.3 is 15.0 Å². The van der Waals surface area contributed by atoms with Crippen LogP contribution in [0.15, 0.2) is 64.8 Å². The molecule has 1 aromatic carbocycles. The van der Waals surface area contributed by atoms with E-state index >= 15 is 0 Å². The topological polar surface area (TPSA) is 83.0 Å². The van der Waals surface area contributed by atoms with E-state index in [4.69, 9.17) is 15.5 Å². The normalized spacial score (nSPS) is 11.0. The molecule has 7 heteroatoms. The first-order chi connectivity index (χ1) is 14.0. The SMILES string of the molecule is CC(C)c1nc(CCCOC(N)=O)n(Cc2cccnc2)c1Sc1ccccc1. The van der Waals surface area contributed by atoms with E-state index in [-0.39, 0.29) is 12.5 Å². The van der Waals surface area contributed by atoms with Crippen LogP contribution in [0, 0.1) is 0 Å². The number of ether oxygens (including phenoxy) is 1. The molecular weight excluding hydrogens is 384 g/mol. The minimum Gasteiger partial charge on any atom is -0.450 e. The van der Waals surface area contributed by atoms with Crippen molar-refractivity contribution in [2.75, 3.05) is 6.61 Å². The van der Waals surface area contributed by atoms with Crippen LogP contribution >= 0.6 is 11.8 Å². The molecule has 0 fully saturated rings. The standard InChI is InChI=1S/C22H26N4O2S/c1-16(2)20-21(29-18-9-4-3-5-10-18)26(15-17-8-6-12-24-14-17)19(25-20)11-7-13-28-22(23)27/h3-6,8-10,12,14,16H,7,11,13,15H2,1-2H3,(H2,23,27). The molecule has 152 valence electrons. The second kappa shape index (κ2) is 10.1. The van der Waals surface area contributed by atoms with Gasteiger partial charge in [-0.25, -0.2) is 9.78 Å². The number of carbonyl (C=O) groups excluding carboxylic acids is 1. The van der Waals surface area contributed by atoms with Crippen molar-refractivity contribution in [2.24, 2.45) is 5.73 Å². The highest BCUT2D eigenvalue weighted by Gasteiger charge is 2.20. The van der Waals surface area contributed by atoms with Crippen molar-refractivity contribution in [1.82, 2.24) is 14.5 Å². The van der Waals surface area contributed by atoms with Gasteiger partial charge in [0.2, 0.25) is 0 Å². The number of hydrogen-bond donors (Lipinski definition) is 1. The largest absolute Gasteiger partial charge is 0.450 e. The van der Waals surface area contributed by atoms with Crippen LogP contribution in [0.25, 0.3) is 0 Å². The minimum absolute atomic E-state index is 0.285. The van der Waals surface area contributed by atoms with Gasteiger partial charge in [-0.2, -0.15) is 0 Å². The van der Waals surface area contributed by atoms with Crippen LogP contribution in [-0.4, -0.2) is 27.2 Å². The zero-order valence-electron chi connectivity index (χ0n) is 16.7. The Morgan fingerprint density at radius 3 is 2.66 bits per heavy atom. The predicted octanol–water partition coefficient (Wildman–Crippen LogP) is 4.63. The second-order valence-corrected chi connectivity index (χ2v) is 8.07. The molecule has 0 aliphatic heterocycles. The summed E-state index contributed by atoms with van der Waals surface area (Å²) in [5.74, 6) is 1.26. The summed E-state index contributed by atoms with van der Waals surface area (Å²) in [7, 11) is 0. The molecule has 29 heavy (non-hydrogen) atoms. The van der Waals surface area contributed by atoms with Crippen LogP contribution in [-0.2, 0) is 17.7 Å². The summed E-state index contributed by atoms with van der Waals surface area (Å²) in [6.45, 7) is 5.29.